The summed E-state index contributed by atoms with van der Waals surface area (Å²) < 4.78 is 28.2. The summed E-state index contributed by atoms with van der Waals surface area (Å²) in [5.74, 6) is -1.74. The Balaban J connectivity index is 1.19. The van der Waals surface area contributed by atoms with Crippen LogP contribution >= 0.6 is 0 Å². The van der Waals surface area contributed by atoms with Crippen LogP contribution < -0.4 is 16.2 Å². The van der Waals surface area contributed by atoms with E-state index in [4.69, 9.17) is 0 Å². The number of hydrogen-bond acceptors (Lipinski definition) is 7. The van der Waals surface area contributed by atoms with E-state index in [1.807, 2.05) is 50.5 Å². The Kier molecular flexibility index (Phi) is 9.15. The molecule has 2 heterocycles. The first-order chi connectivity index (χ1) is 21.2. The van der Waals surface area contributed by atoms with E-state index in [1.54, 1.807) is 19.2 Å². The SMILES string of the molecule is Cc1ncc(C(=O)NCC=Cc2ccc3nc(Nc4ccc(CN(C)C)cc4)ncc3c2)c(=O)n1Cc1ccc(F)c(F)c1. The fraction of sp³-hybridized carbons (Fsp3) is 0.182. The smallest absolute Gasteiger partial charge is 0.266 e. The van der Waals surface area contributed by atoms with E-state index >= 15 is 0 Å². The Bertz CT molecular complexity index is 1900. The standard InChI is InChI=1S/C33H31F2N7O2/c1-21-37-18-27(32(44)42(21)20-24-8-12-28(34)29(35)16-24)31(43)36-14-4-5-22-9-13-30-25(15-22)17-38-33(40-30)39-26-10-6-23(7-11-26)19-41(2)3/h4-13,15-18H,14,19-20H2,1-3H3,(H,36,43)(H,38,39,40). The summed E-state index contributed by atoms with van der Waals surface area (Å²) in [4.78, 5) is 41.1. The average molecular weight is 596 g/mol. The van der Waals surface area contributed by atoms with E-state index in [-0.39, 0.29) is 18.7 Å². The number of fused-ring (bicyclic) bond motifs is 1. The maximum absolute atomic E-state index is 13.6. The highest BCUT2D eigenvalue weighted by Gasteiger charge is 2.15. The van der Waals surface area contributed by atoms with Crippen molar-refractivity contribution < 1.29 is 13.6 Å². The van der Waals surface area contributed by atoms with Crippen LogP contribution in [0.4, 0.5) is 20.4 Å². The highest BCUT2D eigenvalue weighted by molar-refractivity contribution is 5.93. The number of halogens is 2. The van der Waals surface area contributed by atoms with Crippen molar-refractivity contribution in [3.05, 3.63) is 129 Å². The summed E-state index contributed by atoms with van der Waals surface area (Å²) in [6.45, 7) is 2.58. The predicted molar refractivity (Wildman–Crippen MR) is 167 cm³/mol. The number of rotatable bonds is 10. The lowest BCUT2D eigenvalue weighted by Crippen LogP contribution is -2.34. The number of aryl methyl sites for hydroxylation is 1. The third kappa shape index (κ3) is 7.37. The third-order valence-electron chi connectivity index (χ3n) is 6.82. The van der Waals surface area contributed by atoms with E-state index in [9.17, 15) is 18.4 Å². The van der Waals surface area contributed by atoms with Gasteiger partial charge in [-0.05, 0) is 74.1 Å². The average Bonchev–Trinajstić information content (AvgIpc) is 3.00. The van der Waals surface area contributed by atoms with Crippen molar-refractivity contribution in [1.29, 1.82) is 0 Å². The number of aromatic nitrogens is 4. The molecular formula is C33H31F2N7O2. The van der Waals surface area contributed by atoms with Crippen LogP contribution in [0.15, 0.2) is 83.9 Å². The Morgan fingerprint density at radius 3 is 2.48 bits per heavy atom. The molecular weight excluding hydrogens is 564 g/mol. The zero-order valence-electron chi connectivity index (χ0n) is 24.5. The molecule has 3 aromatic carbocycles. The monoisotopic (exact) mass is 595 g/mol. The van der Waals surface area contributed by atoms with Gasteiger partial charge in [-0.3, -0.25) is 14.2 Å². The minimum absolute atomic E-state index is 0.0523. The highest BCUT2D eigenvalue weighted by Crippen LogP contribution is 2.19. The molecule has 2 N–H and O–H groups in total. The molecule has 2 aromatic heterocycles. The van der Waals surface area contributed by atoms with Gasteiger partial charge in [0, 0.05) is 36.6 Å². The van der Waals surface area contributed by atoms with Gasteiger partial charge in [-0.25, -0.2) is 23.7 Å². The van der Waals surface area contributed by atoms with Gasteiger partial charge >= 0.3 is 0 Å². The van der Waals surface area contributed by atoms with Gasteiger partial charge in [0.1, 0.15) is 11.4 Å². The van der Waals surface area contributed by atoms with Gasteiger partial charge < -0.3 is 15.5 Å². The van der Waals surface area contributed by atoms with Gasteiger partial charge in [0.25, 0.3) is 11.5 Å². The van der Waals surface area contributed by atoms with Crippen LogP contribution in [0.1, 0.15) is 32.9 Å². The summed E-state index contributed by atoms with van der Waals surface area (Å²) in [6, 6.07) is 17.3. The first-order valence-electron chi connectivity index (χ1n) is 13.9. The summed E-state index contributed by atoms with van der Waals surface area (Å²) in [5, 5.41) is 6.79. The molecule has 0 fully saturated rings. The van der Waals surface area contributed by atoms with Crippen LogP contribution in [0.3, 0.4) is 0 Å². The Hall–Kier alpha value is -5.29. The first kappa shape index (κ1) is 30.2. The molecule has 0 unspecified atom stereocenters. The van der Waals surface area contributed by atoms with Crippen LogP contribution in [-0.2, 0) is 13.1 Å². The number of hydrogen-bond donors (Lipinski definition) is 2. The Morgan fingerprint density at radius 2 is 1.73 bits per heavy atom. The van der Waals surface area contributed by atoms with Gasteiger partial charge in [0.2, 0.25) is 5.95 Å². The lowest BCUT2D eigenvalue weighted by atomic mass is 10.1. The lowest BCUT2D eigenvalue weighted by Gasteiger charge is -2.11. The van der Waals surface area contributed by atoms with Gasteiger partial charge in [-0.15, -0.1) is 0 Å². The minimum atomic E-state index is -1.01. The van der Waals surface area contributed by atoms with Gasteiger partial charge in [-0.1, -0.05) is 36.4 Å². The third-order valence-corrected chi connectivity index (χ3v) is 6.82. The minimum Gasteiger partial charge on any atom is -0.348 e. The number of anilines is 2. The van der Waals surface area contributed by atoms with E-state index in [1.165, 1.54) is 22.4 Å². The molecule has 0 aliphatic heterocycles. The molecule has 0 atom stereocenters. The number of carbonyl (C=O) groups excluding carboxylic acids is 1. The first-order valence-corrected chi connectivity index (χ1v) is 13.9. The quantitative estimate of drug-likeness (QED) is 0.232. The molecule has 9 nitrogen and oxygen atoms in total. The van der Waals surface area contributed by atoms with Gasteiger partial charge in [-0.2, -0.15) is 0 Å². The summed E-state index contributed by atoms with van der Waals surface area (Å²) >= 11 is 0. The molecule has 0 aliphatic carbocycles. The fourth-order valence-electron chi connectivity index (χ4n) is 4.58. The summed E-state index contributed by atoms with van der Waals surface area (Å²) in [5.41, 5.74) is 3.43. The van der Waals surface area contributed by atoms with Crippen molar-refractivity contribution in [2.75, 3.05) is 26.0 Å². The molecule has 44 heavy (non-hydrogen) atoms. The molecule has 0 radical (unpaired) electrons. The van der Waals surface area contributed by atoms with Crippen molar-refractivity contribution in [2.45, 2.75) is 20.0 Å². The second-order valence-electron chi connectivity index (χ2n) is 10.5. The number of nitrogens with one attached hydrogen (secondary N) is 2. The van der Waals surface area contributed by atoms with E-state index in [0.717, 1.165) is 40.8 Å². The summed E-state index contributed by atoms with van der Waals surface area (Å²) in [7, 11) is 4.06. The predicted octanol–water partition coefficient (Wildman–Crippen LogP) is 5.07. The van der Waals surface area contributed by atoms with Crippen LogP contribution in [0, 0.1) is 18.6 Å². The molecule has 5 rings (SSSR count). The van der Waals surface area contributed by atoms with Crippen molar-refractivity contribution in [3.8, 4) is 0 Å². The second kappa shape index (κ2) is 13.3. The van der Waals surface area contributed by atoms with Crippen molar-refractivity contribution in [1.82, 2.24) is 29.7 Å². The number of benzene rings is 3. The molecule has 0 aliphatic rings. The van der Waals surface area contributed by atoms with Crippen molar-refractivity contribution in [2.24, 2.45) is 0 Å². The zero-order valence-corrected chi connectivity index (χ0v) is 24.5. The number of carbonyl (C=O) groups is 1. The van der Waals surface area contributed by atoms with Crippen LogP contribution in [-0.4, -0.2) is 51.0 Å². The normalized spacial score (nSPS) is 11.4. The molecule has 0 bridgehead atoms. The van der Waals surface area contributed by atoms with E-state index in [0.29, 0.717) is 17.3 Å². The van der Waals surface area contributed by atoms with E-state index in [2.05, 4.69) is 42.6 Å². The maximum atomic E-state index is 13.6. The Labute approximate surface area is 252 Å². The van der Waals surface area contributed by atoms with E-state index < -0.39 is 23.1 Å². The van der Waals surface area contributed by atoms with Gasteiger partial charge in [0.15, 0.2) is 11.6 Å². The highest BCUT2D eigenvalue weighted by atomic mass is 19.2. The molecule has 11 heteroatoms. The lowest BCUT2D eigenvalue weighted by molar-refractivity contribution is 0.0955. The molecule has 5 aromatic rings. The van der Waals surface area contributed by atoms with Crippen LogP contribution in [0.25, 0.3) is 17.0 Å². The largest absolute Gasteiger partial charge is 0.348 e. The molecule has 0 spiro atoms. The van der Waals surface area contributed by atoms with Crippen molar-refractivity contribution in [3.63, 3.8) is 0 Å². The molecule has 0 saturated heterocycles. The molecule has 224 valence electrons. The zero-order chi connectivity index (χ0) is 31.2. The fourth-order valence-corrected chi connectivity index (χ4v) is 4.58. The number of nitrogens with zero attached hydrogens (tertiary/aromatic N) is 5. The second-order valence-corrected chi connectivity index (χ2v) is 10.5. The molecule has 0 saturated carbocycles. The Morgan fingerprint density at radius 1 is 0.955 bits per heavy atom. The van der Waals surface area contributed by atoms with Crippen LogP contribution in [0.5, 0.6) is 0 Å². The topological polar surface area (TPSA) is 105 Å². The molecule has 1 amide bonds. The van der Waals surface area contributed by atoms with Crippen molar-refractivity contribution >= 4 is 34.5 Å². The summed E-state index contributed by atoms with van der Waals surface area (Å²) in [6.07, 6.45) is 6.57. The maximum Gasteiger partial charge on any atom is 0.266 e. The number of amides is 1. The van der Waals surface area contributed by atoms with Gasteiger partial charge in [0.05, 0.1) is 12.1 Å². The van der Waals surface area contributed by atoms with Crippen LogP contribution in [0.2, 0.25) is 0 Å².